The fourth-order valence-corrected chi connectivity index (χ4v) is 2.25. The molecule has 1 aromatic rings. The molecule has 1 atom stereocenters. The Morgan fingerprint density at radius 3 is 2.22 bits per heavy atom. The van der Waals surface area contributed by atoms with Gasteiger partial charge in [-0.3, -0.25) is 4.79 Å². The molecule has 1 aliphatic heterocycles. The summed E-state index contributed by atoms with van der Waals surface area (Å²) >= 11 is 0. The van der Waals surface area contributed by atoms with Crippen LogP contribution in [0.2, 0.25) is 0 Å². The Morgan fingerprint density at radius 1 is 1.28 bits per heavy atom. The zero-order valence-electron chi connectivity index (χ0n) is 10.9. The van der Waals surface area contributed by atoms with Gasteiger partial charge in [-0.2, -0.15) is 0 Å². The highest BCUT2D eigenvalue weighted by Gasteiger charge is 2.28. The first kappa shape index (κ1) is 13.1. The molecule has 0 spiro atoms. The minimum Gasteiger partial charge on any atom is -0.481 e. The van der Waals surface area contributed by atoms with Crippen LogP contribution in [0, 0.1) is 5.92 Å². The van der Waals surface area contributed by atoms with Gasteiger partial charge in [-0.1, -0.05) is 38.1 Å². The van der Waals surface area contributed by atoms with Crippen molar-refractivity contribution in [1.29, 1.82) is 0 Å². The quantitative estimate of drug-likeness (QED) is 0.871. The van der Waals surface area contributed by atoms with E-state index in [9.17, 15) is 9.90 Å². The molecule has 1 aliphatic rings. The Hall–Kier alpha value is -1.35. The topological polar surface area (TPSA) is 46.5 Å². The molecule has 1 unspecified atom stereocenters. The average molecular weight is 248 g/mol. The molecular weight excluding hydrogens is 228 g/mol. The van der Waals surface area contributed by atoms with E-state index in [1.807, 2.05) is 24.3 Å². The smallest absolute Gasteiger partial charge is 0.310 e. The molecule has 1 N–H and O–H groups in total. The third-order valence-electron chi connectivity index (χ3n) is 3.58. The van der Waals surface area contributed by atoms with Gasteiger partial charge in [0.2, 0.25) is 0 Å². The van der Waals surface area contributed by atoms with E-state index in [-0.39, 0.29) is 0 Å². The second-order valence-electron chi connectivity index (χ2n) is 5.35. The first-order valence-electron chi connectivity index (χ1n) is 6.48. The van der Waals surface area contributed by atoms with Crippen molar-refractivity contribution in [3.63, 3.8) is 0 Å². The van der Waals surface area contributed by atoms with Gasteiger partial charge in [0.15, 0.2) is 0 Å². The number of benzene rings is 1. The van der Waals surface area contributed by atoms with Gasteiger partial charge in [0.05, 0.1) is 19.1 Å². The molecule has 18 heavy (non-hydrogen) atoms. The van der Waals surface area contributed by atoms with Crippen LogP contribution in [0.1, 0.15) is 43.2 Å². The Balaban J connectivity index is 2.11. The Labute approximate surface area is 108 Å². The molecular formula is C15H20O3. The lowest BCUT2D eigenvalue weighted by molar-refractivity contribution is -0.140. The lowest BCUT2D eigenvalue weighted by Crippen LogP contribution is -2.30. The second-order valence-corrected chi connectivity index (χ2v) is 5.35. The van der Waals surface area contributed by atoms with Crippen LogP contribution in [0.3, 0.4) is 0 Å². The molecule has 1 aromatic carbocycles. The van der Waals surface area contributed by atoms with Gasteiger partial charge < -0.3 is 9.84 Å². The summed E-state index contributed by atoms with van der Waals surface area (Å²) in [7, 11) is 0. The average Bonchev–Trinajstić information content (AvgIpc) is 2.27. The molecule has 0 bridgehead atoms. The highest BCUT2D eigenvalue weighted by atomic mass is 16.5. The number of carbonyl (C=O) groups is 1. The molecule has 3 heteroatoms. The number of rotatable bonds is 5. The third kappa shape index (κ3) is 2.91. The zero-order valence-corrected chi connectivity index (χ0v) is 10.9. The molecule has 3 nitrogen and oxygen atoms in total. The van der Waals surface area contributed by atoms with Crippen LogP contribution in [0.15, 0.2) is 24.3 Å². The summed E-state index contributed by atoms with van der Waals surface area (Å²) in [6.07, 6.45) is 0.677. The van der Waals surface area contributed by atoms with Crippen LogP contribution >= 0.6 is 0 Å². The molecule has 0 saturated carbocycles. The fraction of sp³-hybridized carbons (Fsp3) is 0.533. The Morgan fingerprint density at radius 2 is 1.83 bits per heavy atom. The van der Waals surface area contributed by atoms with Crippen molar-refractivity contribution in [3.8, 4) is 0 Å². The molecule has 0 amide bonds. The van der Waals surface area contributed by atoms with Gasteiger partial charge in [-0.25, -0.2) is 0 Å². The van der Waals surface area contributed by atoms with Gasteiger partial charge in [-0.05, 0) is 23.5 Å². The maximum Gasteiger partial charge on any atom is 0.310 e. The third-order valence-corrected chi connectivity index (χ3v) is 3.58. The molecule has 1 heterocycles. The van der Waals surface area contributed by atoms with Gasteiger partial charge in [-0.15, -0.1) is 0 Å². The van der Waals surface area contributed by atoms with Gasteiger partial charge >= 0.3 is 5.97 Å². The molecule has 98 valence electrons. The van der Waals surface area contributed by atoms with Crippen molar-refractivity contribution < 1.29 is 14.6 Å². The lowest BCUT2D eigenvalue weighted by atomic mass is 9.87. The van der Waals surface area contributed by atoms with Crippen molar-refractivity contribution in [2.75, 3.05) is 13.2 Å². The number of carboxylic acid groups (broad SMARTS) is 1. The molecule has 0 radical (unpaired) electrons. The standard InChI is InChI=1S/C15H20O3/c1-10(2)12-3-5-13(6-4-12)14(15(16)17)7-11-8-18-9-11/h3-6,10-11,14H,7-9H2,1-2H3,(H,16,17). The van der Waals surface area contributed by atoms with Crippen LogP contribution in [0.25, 0.3) is 0 Å². The van der Waals surface area contributed by atoms with Crippen LogP contribution < -0.4 is 0 Å². The van der Waals surface area contributed by atoms with E-state index in [0.717, 1.165) is 5.56 Å². The van der Waals surface area contributed by atoms with Gasteiger partial charge in [0, 0.05) is 5.92 Å². The van der Waals surface area contributed by atoms with E-state index < -0.39 is 11.9 Å². The first-order chi connectivity index (χ1) is 8.58. The fourth-order valence-electron chi connectivity index (χ4n) is 2.25. The monoisotopic (exact) mass is 248 g/mol. The second kappa shape index (κ2) is 5.53. The maximum absolute atomic E-state index is 11.4. The van der Waals surface area contributed by atoms with E-state index in [1.165, 1.54) is 5.56 Å². The maximum atomic E-state index is 11.4. The first-order valence-corrected chi connectivity index (χ1v) is 6.48. The minimum atomic E-state index is -0.737. The minimum absolute atomic E-state index is 0.399. The van der Waals surface area contributed by atoms with Crippen molar-refractivity contribution >= 4 is 5.97 Å². The Bertz CT molecular complexity index is 404. The zero-order chi connectivity index (χ0) is 13.1. The number of carboxylic acids is 1. The summed E-state index contributed by atoms with van der Waals surface area (Å²) in [6, 6.07) is 7.97. The van der Waals surface area contributed by atoms with Crippen LogP contribution in [-0.4, -0.2) is 24.3 Å². The molecule has 1 fully saturated rings. The van der Waals surface area contributed by atoms with Crippen molar-refractivity contribution in [2.45, 2.75) is 32.1 Å². The summed E-state index contributed by atoms with van der Waals surface area (Å²) in [6.45, 7) is 5.67. The molecule has 0 aromatic heterocycles. The van der Waals surface area contributed by atoms with E-state index in [0.29, 0.717) is 31.5 Å². The van der Waals surface area contributed by atoms with E-state index in [1.54, 1.807) is 0 Å². The Kier molecular flexibility index (Phi) is 4.02. The summed E-state index contributed by atoms with van der Waals surface area (Å²) < 4.78 is 5.11. The number of hydrogen-bond donors (Lipinski definition) is 1. The molecule has 0 aliphatic carbocycles. The summed E-state index contributed by atoms with van der Waals surface area (Å²) in [5, 5.41) is 9.33. The van der Waals surface area contributed by atoms with Gasteiger partial charge in [0.1, 0.15) is 0 Å². The van der Waals surface area contributed by atoms with Crippen molar-refractivity contribution in [1.82, 2.24) is 0 Å². The number of aliphatic carboxylic acids is 1. The van der Waals surface area contributed by atoms with E-state index >= 15 is 0 Å². The van der Waals surface area contributed by atoms with E-state index in [2.05, 4.69) is 13.8 Å². The number of ether oxygens (including phenoxy) is 1. The number of hydrogen-bond acceptors (Lipinski definition) is 2. The van der Waals surface area contributed by atoms with Crippen LogP contribution in [0.4, 0.5) is 0 Å². The summed E-state index contributed by atoms with van der Waals surface area (Å²) in [4.78, 5) is 11.4. The molecule has 1 saturated heterocycles. The van der Waals surface area contributed by atoms with Crippen LogP contribution in [0.5, 0.6) is 0 Å². The largest absolute Gasteiger partial charge is 0.481 e. The van der Waals surface area contributed by atoms with Crippen LogP contribution in [-0.2, 0) is 9.53 Å². The highest BCUT2D eigenvalue weighted by Crippen LogP contribution is 2.29. The highest BCUT2D eigenvalue weighted by molar-refractivity contribution is 5.76. The molecule has 2 rings (SSSR count). The summed E-state index contributed by atoms with van der Waals surface area (Å²) in [5.74, 6) is -0.266. The van der Waals surface area contributed by atoms with E-state index in [4.69, 9.17) is 4.74 Å². The predicted molar refractivity (Wildman–Crippen MR) is 69.8 cm³/mol. The normalized spacial score (nSPS) is 17.5. The predicted octanol–water partition coefficient (Wildman–Crippen LogP) is 3.01. The van der Waals surface area contributed by atoms with Gasteiger partial charge in [0.25, 0.3) is 0 Å². The summed E-state index contributed by atoms with van der Waals surface area (Å²) in [5.41, 5.74) is 2.15. The lowest BCUT2D eigenvalue weighted by Gasteiger charge is -2.28. The SMILES string of the molecule is CC(C)c1ccc(C(CC2COC2)C(=O)O)cc1. The van der Waals surface area contributed by atoms with Crippen molar-refractivity contribution in [2.24, 2.45) is 5.92 Å². The van der Waals surface area contributed by atoms with Crippen molar-refractivity contribution in [3.05, 3.63) is 35.4 Å².